The second-order valence-electron chi connectivity index (χ2n) is 5.28. The number of hydrogen-bond donors (Lipinski definition) is 1. The van der Waals surface area contributed by atoms with E-state index in [9.17, 15) is 4.79 Å². The molecule has 1 N–H and O–H groups in total. The Balaban J connectivity index is 1.92. The summed E-state index contributed by atoms with van der Waals surface area (Å²) >= 11 is 8.84. The number of aryl methyl sites for hydroxylation is 2. The molecule has 1 aromatic carbocycles. The molecule has 1 heterocycles. The average molecular weight is 372 g/mol. The fourth-order valence-corrected chi connectivity index (χ4v) is 3.85. The van der Waals surface area contributed by atoms with Gasteiger partial charge >= 0.3 is 0 Å². The molecule has 5 nitrogen and oxygen atoms in total. The molecule has 0 fully saturated rings. The predicted molar refractivity (Wildman–Crippen MR) is 96.0 cm³/mol. The minimum Gasteiger partial charge on any atom is -0.466 e. The Morgan fingerprint density at radius 1 is 1.39 bits per heavy atom. The topological polar surface area (TPSA) is 64.1 Å². The number of amides is 1. The number of carbonyl (C=O) groups excluding carboxylic acids is 1. The van der Waals surface area contributed by atoms with Crippen molar-refractivity contribution in [2.45, 2.75) is 38.1 Å². The van der Waals surface area contributed by atoms with Crippen LogP contribution < -0.4 is 10.1 Å². The largest absolute Gasteiger partial charge is 0.466 e. The third-order valence-electron chi connectivity index (χ3n) is 2.75. The molecular formula is C15H18ClN3O2S2. The average Bonchev–Trinajstić information content (AvgIpc) is 2.87. The van der Waals surface area contributed by atoms with Crippen molar-refractivity contribution in [1.29, 1.82) is 0 Å². The Hall–Kier alpha value is -1.31. The van der Waals surface area contributed by atoms with Crippen LogP contribution in [0.15, 0.2) is 16.5 Å². The van der Waals surface area contributed by atoms with E-state index in [1.165, 1.54) is 23.1 Å². The molecule has 2 rings (SSSR count). The third-order valence-corrected chi connectivity index (χ3v) is 4.99. The first kappa shape index (κ1) is 18.0. The SMILES string of the molecule is Cc1cc(C)c(NC(=O)CSc2nnc(OC(C)C)s2)c(Cl)c1. The van der Waals surface area contributed by atoms with E-state index >= 15 is 0 Å². The van der Waals surface area contributed by atoms with Crippen molar-refractivity contribution in [1.82, 2.24) is 10.2 Å². The maximum absolute atomic E-state index is 12.1. The van der Waals surface area contributed by atoms with Crippen molar-refractivity contribution in [3.63, 3.8) is 0 Å². The summed E-state index contributed by atoms with van der Waals surface area (Å²) in [6.45, 7) is 7.74. The second kappa shape index (κ2) is 7.99. The van der Waals surface area contributed by atoms with E-state index < -0.39 is 0 Å². The minimum atomic E-state index is -0.134. The highest BCUT2D eigenvalue weighted by Gasteiger charge is 2.12. The number of nitrogens with one attached hydrogen (secondary N) is 1. The van der Waals surface area contributed by atoms with E-state index in [0.29, 0.717) is 20.2 Å². The highest BCUT2D eigenvalue weighted by Crippen LogP contribution is 2.29. The van der Waals surface area contributed by atoms with Crippen LogP contribution in [-0.4, -0.2) is 28.0 Å². The molecule has 2 aromatic rings. The highest BCUT2D eigenvalue weighted by molar-refractivity contribution is 8.01. The van der Waals surface area contributed by atoms with Gasteiger partial charge in [-0.05, 0) is 56.2 Å². The monoisotopic (exact) mass is 371 g/mol. The molecule has 0 unspecified atom stereocenters. The second-order valence-corrected chi connectivity index (χ2v) is 7.85. The molecule has 0 aliphatic carbocycles. The van der Waals surface area contributed by atoms with Crippen LogP contribution in [-0.2, 0) is 4.79 Å². The number of anilines is 1. The van der Waals surface area contributed by atoms with Gasteiger partial charge in [-0.1, -0.05) is 34.5 Å². The van der Waals surface area contributed by atoms with Crippen molar-refractivity contribution in [3.8, 4) is 5.19 Å². The van der Waals surface area contributed by atoms with Gasteiger partial charge in [0.2, 0.25) is 5.91 Å². The van der Waals surface area contributed by atoms with E-state index in [0.717, 1.165) is 11.1 Å². The first-order chi connectivity index (χ1) is 10.8. The van der Waals surface area contributed by atoms with Crippen molar-refractivity contribution in [2.75, 3.05) is 11.1 Å². The summed E-state index contributed by atoms with van der Waals surface area (Å²) in [6.07, 6.45) is 0.0516. The van der Waals surface area contributed by atoms with Gasteiger partial charge in [0.15, 0.2) is 4.34 Å². The highest BCUT2D eigenvalue weighted by atomic mass is 35.5. The number of aromatic nitrogens is 2. The van der Waals surface area contributed by atoms with Gasteiger partial charge in [0.25, 0.3) is 5.19 Å². The zero-order valence-corrected chi connectivity index (χ0v) is 15.7. The molecule has 0 radical (unpaired) electrons. The van der Waals surface area contributed by atoms with Gasteiger partial charge in [-0.3, -0.25) is 4.79 Å². The van der Waals surface area contributed by atoms with Crippen molar-refractivity contribution < 1.29 is 9.53 Å². The molecule has 0 saturated carbocycles. The zero-order chi connectivity index (χ0) is 17.0. The quantitative estimate of drug-likeness (QED) is 0.766. The Labute approximate surface area is 148 Å². The first-order valence-electron chi connectivity index (χ1n) is 7.04. The van der Waals surface area contributed by atoms with Gasteiger partial charge in [0.1, 0.15) is 0 Å². The number of benzene rings is 1. The summed E-state index contributed by atoms with van der Waals surface area (Å²) in [4.78, 5) is 12.1. The lowest BCUT2D eigenvalue weighted by atomic mass is 10.1. The molecule has 0 bridgehead atoms. The predicted octanol–water partition coefficient (Wildman–Crippen LogP) is 4.33. The smallest absolute Gasteiger partial charge is 0.295 e. The first-order valence-corrected chi connectivity index (χ1v) is 9.22. The van der Waals surface area contributed by atoms with E-state index in [2.05, 4.69) is 15.5 Å². The summed E-state index contributed by atoms with van der Waals surface area (Å²) in [5, 5.41) is 11.8. The van der Waals surface area contributed by atoms with Crippen molar-refractivity contribution >= 4 is 46.3 Å². The normalized spacial score (nSPS) is 10.9. The van der Waals surface area contributed by atoms with Crippen LogP contribution in [0, 0.1) is 13.8 Å². The van der Waals surface area contributed by atoms with E-state index in [1.54, 1.807) is 0 Å². The third kappa shape index (κ3) is 5.37. The number of ether oxygens (including phenoxy) is 1. The molecule has 0 spiro atoms. The molecule has 1 aromatic heterocycles. The summed E-state index contributed by atoms with van der Waals surface area (Å²) < 4.78 is 6.15. The van der Waals surface area contributed by atoms with Gasteiger partial charge in [0.05, 0.1) is 22.6 Å². The lowest BCUT2D eigenvalue weighted by Gasteiger charge is -2.11. The van der Waals surface area contributed by atoms with Gasteiger partial charge in [0, 0.05) is 0 Å². The molecule has 124 valence electrons. The molecule has 23 heavy (non-hydrogen) atoms. The maximum Gasteiger partial charge on any atom is 0.295 e. The maximum atomic E-state index is 12.1. The standard InChI is InChI=1S/C15H18ClN3O2S2/c1-8(2)21-14-18-19-15(23-14)22-7-12(20)17-13-10(4)5-9(3)6-11(13)16/h5-6,8H,7H2,1-4H3,(H,17,20). The Morgan fingerprint density at radius 2 is 2.13 bits per heavy atom. The molecule has 8 heteroatoms. The number of rotatable bonds is 6. The summed E-state index contributed by atoms with van der Waals surface area (Å²) in [6, 6.07) is 3.81. The summed E-state index contributed by atoms with van der Waals surface area (Å²) in [5.41, 5.74) is 2.66. The van der Waals surface area contributed by atoms with Gasteiger partial charge in [-0.15, -0.1) is 5.10 Å². The Kier molecular flexibility index (Phi) is 6.26. The number of carbonyl (C=O) groups is 1. The van der Waals surface area contributed by atoms with E-state index in [-0.39, 0.29) is 17.8 Å². The number of nitrogens with zero attached hydrogens (tertiary/aromatic N) is 2. The van der Waals surface area contributed by atoms with E-state index in [1.807, 2.05) is 39.8 Å². The Morgan fingerprint density at radius 3 is 2.78 bits per heavy atom. The van der Waals surface area contributed by atoms with Crippen LogP contribution in [0.2, 0.25) is 5.02 Å². The van der Waals surface area contributed by atoms with Crippen molar-refractivity contribution in [3.05, 3.63) is 28.3 Å². The van der Waals surface area contributed by atoms with Crippen LogP contribution in [0.5, 0.6) is 5.19 Å². The fraction of sp³-hybridized carbons (Fsp3) is 0.400. The number of halogens is 1. The van der Waals surface area contributed by atoms with Crippen molar-refractivity contribution in [2.24, 2.45) is 0 Å². The number of thioether (sulfide) groups is 1. The van der Waals surface area contributed by atoms with Crippen LogP contribution >= 0.6 is 34.7 Å². The molecule has 0 aliphatic heterocycles. The van der Waals surface area contributed by atoms with Crippen LogP contribution in [0.25, 0.3) is 0 Å². The molecule has 0 saturated heterocycles. The summed E-state index contributed by atoms with van der Waals surface area (Å²) in [7, 11) is 0. The van der Waals surface area contributed by atoms with Gasteiger partial charge in [-0.25, -0.2) is 0 Å². The van der Waals surface area contributed by atoms with Crippen LogP contribution in [0.3, 0.4) is 0 Å². The molecule has 1 amide bonds. The van der Waals surface area contributed by atoms with Gasteiger partial charge in [-0.2, -0.15) is 0 Å². The molecule has 0 aliphatic rings. The molecule has 0 atom stereocenters. The van der Waals surface area contributed by atoms with Crippen LogP contribution in [0.1, 0.15) is 25.0 Å². The van der Waals surface area contributed by atoms with Gasteiger partial charge < -0.3 is 10.1 Å². The fourth-order valence-electron chi connectivity index (χ4n) is 1.88. The lowest BCUT2D eigenvalue weighted by Crippen LogP contribution is -2.15. The molecular weight excluding hydrogens is 354 g/mol. The summed E-state index contributed by atoms with van der Waals surface area (Å²) in [5.74, 6) is 0.102. The van der Waals surface area contributed by atoms with Crippen LogP contribution in [0.4, 0.5) is 5.69 Å². The minimum absolute atomic E-state index is 0.0516. The number of hydrogen-bond acceptors (Lipinski definition) is 6. The zero-order valence-electron chi connectivity index (χ0n) is 13.3. The lowest BCUT2D eigenvalue weighted by molar-refractivity contribution is -0.113. The Bertz CT molecular complexity index is 681. The van der Waals surface area contributed by atoms with E-state index in [4.69, 9.17) is 16.3 Å².